The first-order valence-corrected chi connectivity index (χ1v) is 14.7. The van der Waals surface area contributed by atoms with Gasteiger partial charge in [0.1, 0.15) is 0 Å². The number of hydrogen-bond acceptors (Lipinski definition) is 2. The van der Waals surface area contributed by atoms with Crippen LogP contribution >= 0.6 is 34.5 Å². The third-order valence-electron chi connectivity index (χ3n) is 7.38. The Balaban J connectivity index is 1.37. The van der Waals surface area contributed by atoms with Gasteiger partial charge in [-0.25, -0.2) is 0 Å². The predicted molar refractivity (Wildman–Crippen MR) is 173 cm³/mol. The molecule has 6 rings (SSSR count). The van der Waals surface area contributed by atoms with E-state index in [1.165, 1.54) is 26.4 Å². The van der Waals surface area contributed by atoms with Crippen LogP contribution in [0.25, 0.3) is 10.4 Å². The molecule has 0 amide bonds. The monoisotopic (exact) mass is 575 g/mol. The van der Waals surface area contributed by atoms with E-state index in [9.17, 15) is 0 Å². The minimum absolute atomic E-state index is 0.352. The van der Waals surface area contributed by atoms with Crippen LogP contribution in [0.15, 0.2) is 146 Å². The van der Waals surface area contributed by atoms with E-state index in [0.717, 1.165) is 27.1 Å². The van der Waals surface area contributed by atoms with E-state index in [4.69, 9.17) is 23.2 Å². The summed E-state index contributed by atoms with van der Waals surface area (Å²) in [7, 11) is 0. The van der Waals surface area contributed by atoms with E-state index in [2.05, 4.69) is 121 Å². The second-order valence-corrected chi connectivity index (χ2v) is 11.8. The predicted octanol–water partition coefficient (Wildman–Crippen LogP) is 11.5. The molecule has 5 aromatic carbocycles. The lowest BCUT2D eigenvalue weighted by Gasteiger charge is -2.30. The van der Waals surface area contributed by atoms with E-state index in [1.54, 1.807) is 0 Å². The smallest absolute Gasteiger partial charge is 0.0517 e. The second-order valence-electron chi connectivity index (χ2n) is 9.86. The Hall–Kier alpha value is -3.82. The van der Waals surface area contributed by atoms with Gasteiger partial charge in [0.15, 0.2) is 0 Å². The van der Waals surface area contributed by atoms with Crippen molar-refractivity contribution in [2.75, 3.05) is 4.90 Å². The number of anilines is 3. The number of nitrogens with zero attached hydrogens (tertiary/aromatic N) is 1. The number of benzene rings is 5. The van der Waals surface area contributed by atoms with Crippen LogP contribution in [0, 0.1) is 0 Å². The summed E-state index contributed by atoms with van der Waals surface area (Å²) in [5, 5.41) is 1.46. The largest absolute Gasteiger partial charge is 0.311 e. The highest BCUT2D eigenvalue weighted by Gasteiger charge is 2.33. The first kappa shape index (κ1) is 26.4. The molecule has 0 saturated heterocycles. The maximum absolute atomic E-state index is 6.25. The van der Waals surface area contributed by atoms with Crippen molar-refractivity contribution >= 4 is 51.6 Å². The van der Waals surface area contributed by atoms with Crippen molar-refractivity contribution in [2.45, 2.75) is 12.3 Å². The minimum atomic E-state index is -0.352. The number of para-hydroxylation sites is 2. The van der Waals surface area contributed by atoms with Crippen molar-refractivity contribution in [1.82, 2.24) is 0 Å². The zero-order chi connectivity index (χ0) is 27.5. The van der Waals surface area contributed by atoms with Crippen LogP contribution in [-0.2, 0) is 5.41 Å². The van der Waals surface area contributed by atoms with Crippen LogP contribution in [-0.4, -0.2) is 0 Å². The molecule has 40 heavy (non-hydrogen) atoms. The van der Waals surface area contributed by atoms with Gasteiger partial charge in [-0.15, -0.1) is 11.3 Å². The van der Waals surface area contributed by atoms with Crippen LogP contribution in [0.1, 0.15) is 22.9 Å². The Morgan fingerprint density at radius 2 is 0.950 bits per heavy atom. The van der Waals surface area contributed by atoms with Crippen LogP contribution in [0.5, 0.6) is 0 Å². The zero-order valence-electron chi connectivity index (χ0n) is 22.0. The van der Waals surface area contributed by atoms with Crippen molar-refractivity contribution in [3.05, 3.63) is 172 Å². The fraction of sp³-hybridized carbons (Fsp3) is 0.0556. The molecule has 0 saturated carbocycles. The first-order chi connectivity index (χ1) is 19.5. The van der Waals surface area contributed by atoms with Gasteiger partial charge in [-0.3, -0.25) is 0 Å². The molecule has 1 aromatic heterocycles. The molecule has 1 nitrogen and oxygen atoms in total. The fourth-order valence-electron chi connectivity index (χ4n) is 5.16. The zero-order valence-corrected chi connectivity index (χ0v) is 24.3. The molecule has 196 valence electrons. The SMILES string of the molecule is CC(c1ccc(Cl)cc1)(c1ccc(Cl)cc1)c1ccc(-c2ccc(N(c3ccccc3)c3ccccc3)cc2)s1. The Kier molecular flexibility index (Phi) is 7.49. The molecule has 0 fully saturated rings. The maximum Gasteiger partial charge on any atom is 0.0517 e. The number of halogens is 2. The second kappa shape index (κ2) is 11.3. The van der Waals surface area contributed by atoms with Gasteiger partial charge in [0.05, 0.1) is 5.41 Å². The molecular formula is C36H27Cl2NS. The number of thiophene rings is 1. The summed E-state index contributed by atoms with van der Waals surface area (Å²) in [6, 6.07) is 50.6. The molecule has 6 aromatic rings. The molecule has 4 heteroatoms. The molecule has 0 aliphatic heterocycles. The van der Waals surface area contributed by atoms with Crippen molar-refractivity contribution in [3.63, 3.8) is 0 Å². The van der Waals surface area contributed by atoms with Gasteiger partial charge in [-0.05, 0) is 96.4 Å². The van der Waals surface area contributed by atoms with Crippen molar-refractivity contribution < 1.29 is 0 Å². The summed E-state index contributed by atoms with van der Waals surface area (Å²) < 4.78 is 0. The molecule has 0 bridgehead atoms. The highest BCUT2D eigenvalue weighted by molar-refractivity contribution is 7.15. The Morgan fingerprint density at radius 3 is 1.43 bits per heavy atom. The van der Waals surface area contributed by atoms with Gasteiger partial charge in [0.2, 0.25) is 0 Å². The molecule has 0 unspecified atom stereocenters. The molecule has 0 N–H and O–H groups in total. The number of rotatable bonds is 7. The molecular weight excluding hydrogens is 549 g/mol. The molecule has 1 heterocycles. The van der Waals surface area contributed by atoms with Gasteiger partial charge in [0.25, 0.3) is 0 Å². The average molecular weight is 577 g/mol. The first-order valence-electron chi connectivity index (χ1n) is 13.2. The molecule has 0 aliphatic carbocycles. The standard InChI is InChI=1S/C36H27Cl2NS/c1-36(27-14-18-29(37)19-15-27,28-16-20-30(38)21-17-28)35-25-24-34(40-35)26-12-22-33(23-13-26)39(31-8-4-2-5-9-31)32-10-6-3-7-11-32/h2-25H,1H3. The topological polar surface area (TPSA) is 3.24 Å². The third-order valence-corrected chi connectivity index (χ3v) is 9.24. The van der Waals surface area contributed by atoms with Gasteiger partial charge in [-0.1, -0.05) is 96.0 Å². The van der Waals surface area contributed by atoms with E-state index in [1.807, 2.05) is 47.7 Å². The normalized spacial score (nSPS) is 11.4. The highest BCUT2D eigenvalue weighted by Crippen LogP contribution is 2.45. The lowest BCUT2D eigenvalue weighted by molar-refractivity contribution is 0.709. The van der Waals surface area contributed by atoms with Crippen LogP contribution in [0.3, 0.4) is 0 Å². The fourth-order valence-corrected chi connectivity index (χ4v) is 6.61. The lowest BCUT2D eigenvalue weighted by atomic mass is 9.75. The van der Waals surface area contributed by atoms with Crippen LogP contribution in [0.4, 0.5) is 17.1 Å². The highest BCUT2D eigenvalue weighted by atomic mass is 35.5. The lowest BCUT2D eigenvalue weighted by Crippen LogP contribution is -2.24. The van der Waals surface area contributed by atoms with E-state index < -0.39 is 0 Å². The summed E-state index contributed by atoms with van der Waals surface area (Å²) in [4.78, 5) is 4.76. The third kappa shape index (κ3) is 5.19. The van der Waals surface area contributed by atoms with Crippen LogP contribution in [0.2, 0.25) is 10.0 Å². The molecule has 0 spiro atoms. The van der Waals surface area contributed by atoms with Crippen molar-refractivity contribution in [3.8, 4) is 10.4 Å². The number of hydrogen-bond donors (Lipinski definition) is 0. The molecule has 0 atom stereocenters. The summed E-state index contributed by atoms with van der Waals surface area (Å²) in [5.74, 6) is 0. The summed E-state index contributed by atoms with van der Waals surface area (Å²) >= 11 is 14.3. The molecule has 0 radical (unpaired) electrons. The van der Waals surface area contributed by atoms with Gasteiger partial charge in [0, 0.05) is 36.9 Å². The van der Waals surface area contributed by atoms with Crippen molar-refractivity contribution in [1.29, 1.82) is 0 Å². The Morgan fingerprint density at radius 1 is 0.500 bits per heavy atom. The minimum Gasteiger partial charge on any atom is -0.311 e. The van der Waals surface area contributed by atoms with Crippen LogP contribution < -0.4 is 4.90 Å². The van der Waals surface area contributed by atoms with Gasteiger partial charge in [-0.2, -0.15) is 0 Å². The quantitative estimate of drug-likeness (QED) is 0.183. The molecule has 0 aliphatic rings. The van der Waals surface area contributed by atoms with Crippen molar-refractivity contribution in [2.24, 2.45) is 0 Å². The summed E-state index contributed by atoms with van der Waals surface area (Å²) in [6.07, 6.45) is 0. The van der Waals surface area contributed by atoms with E-state index in [-0.39, 0.29) is 5.41 Å². The average Bonchev–Trinajstić information content (AvgIpc) is 3.50. The van der Waals surface area contributed by atoms with Gasteiger partial charge >= 0.3 is 0 Å². The summed E-state index contributed by atoms with van der Waals surface area (Å²) in [6.45, 7) is 2.27. The van der Waals surface area contributed by atoms with E-state index >= 15 is 0 Å². The maximum atomic E-state index is 6.25. The van der Waals surface area contributed by atoms with E-state index in [0.29, 0.717) is 0 Å². The Labute approximate surface area is 249 Å². The van der Waals surface area contributed by atoms with Gasteiger partial charge < -0.3 is 4.90 Å². The Bertz CT molecular complexity index is 1610. The summed E-state index contributed by atoms with van der Waals surface area (Å²) in [5.41, 5.74) is 6.58.